The maximum Gasteiger partial charge on any atom is 0.417 e. The minimum atomic E-state index is -5.00. The SMILES string of the molecule is CO[C@@H]1C[C@H](S(=O)(=O)c2ccc(-c3cnn(CC(N)=O)c3)cc2C(F)(F)F)C[C@H]1C(=O)NC1(C#N)CC1. The van der Waals surface area contributed by atoms with Crippen LogP contribution in [0.1, 0.15) is 31.2 Å². The Morgan fingerprint density at radius 2 is 2.00 bits per heavy atom. The number of nitrogens with zero attached hydrogens (tertiary/aromatic N) is 3. The average Bonchev–Trinajstić information content (AvgIpc) is 3.23. The van der Waals surface area contributed by atoms with Crippen molar-refractivity contribution in [3.63, 3.8) is 0 Å². The van der Waals surface area contributed by atoms with E-state index in [2.05, 4.69) is 10.4 Å². The van der Waals surface area contributed by atoms with Gasteiger partial charge in [0.05, 0.1) is 40.0 Å². The topological polar surface area (TPSA) is 157 Å². The third-order valence-electron chi connectivity index (χ3n) is 6.74. The number of hydrogen-bond acceptors (Lipinski definition) is 7. The Kier molecular flexibility index (Phi) is 6.80. The number of primary amides is 1. The Morgan fingerprint density at radius 1 is 1.30 bits per heavy atom. The van der Waals surface area contributed by atoms with Crippen LogP contribution < -0.4 is 11.1 Å². The Labute approximate surface area is 210 Å². The van der Waals surface area contributed by atoms with Gasteiger partial charge in [0, 0.05) is 18.9 Å². The summed E-state index contributed by atoms with van der Waals surface area (Å²) < 4.78 is 75.5. The van der Waals surface area contributed by atoms with E-state index in [0.29, 0.717) is 12.8 Å². The molecule has 3 N–H and O–H groups in total. The van der Waals surface area contributed by atoms with Crippen LogP contribution in [0.25, 0.3) is 11.1 Å². The smallest absolute Gasteiger partial charge is 0.381 e. The van der Waals surface area contributed by atoms with Gasteiger partial charge in [-0.25, -0.2) is 8.42 Å². The molecule has 0 aliphatic heterocycles. The van der Waals surface area contributed by atoms with Crippen LogP contribution in [0.4, 0.5) is 13.2 Å². The maximum atomic E-state index is 14.1. The molecule has 2 aliphatic rings. The molecule has 14 heteroatoms. The van der Waals surface area contributed by atoms with Crippen molar-refractivity contribution in [2.45, 2.75) is 60.2 Å². The van der Waals surface area contributed by atoms with Crippen LogP contribution in [0.15, 0.2) is 35.5 Å². The second-order valence-corrected chi connectivity index (χ2v) is 11.5. The summed E-state index contributed by atoms with van der Waals surface area (Å²) in [4.78, 5) is 23.0. The first-order valence-electron chi connectivity index (χ1n) is 11.3. The van der Waals surface area contributed by atoms with Crippen LogP contribution in [0.2, 0.25) is 0 Å². The zero-order valence-corrected chi connectivity index (χ0v) is 20.5. The molecular formula is C23H24F3N5O5S. The summed E-state index contributed by atoms with van der Waals surface area (Å²) in [5.74, 6) is -2.17. The molecule has 198 valence electrons. The van der Waals surface area contributed by atoms with Crippen LogP contribution in [0.5, 0.6) is 0 Å². The van der Waals surface area contributed by atoms with Crippen LogP contribution in [-0.2, 0) is 36.9 Å². The fraction of sp³-hybridized carbons (Fsp3) is 0.478. The molecule has 37 heavy (non-hydrogen) atoms. The lowest BCUT2D eigenvalue weighted by molar-refractivity contribution is -0.139. The molecule has 1 aromatic carbocycles. The van der Waals surface area contributed by atoms with Gasteiger partial charge >= 0.3 is 6.18 Å². The number of benzene rings is 1. The molecule has 3 atom stereocenters. The molecule has 0 radical (unpaired) electrons. The first-order chi connectivity index (χ1) is 17.3. The van der Waals surface area contributed by atoms with E-state index in [4.69, 9.17) is 10.5 Å². The molecule has 10 nitrogen and oxygen atoms in total. The first kappa shape index (κ1) is 26.6. The predicted octanol–water partition coefficient (Wildman–Crippen LogP) is 1.79. The van der Waals surface area contributed by atoms with Crippen molar-refractivity contribution in [3.05, 3.63) is 36.2 Å². The Hall–Kier alpha value is -3.44. The fourth-order valence-electron chi connectivity index (χ4n) is 4.58. The summed E-state index contributed by atoms with van der Waals surface area (Å²) in [6.45, 7) is -0.273. The highest BCUT2D eigenvalue weighted by atomic mass is 32.2. The molecule has 2 saturated carbocycles. The van der Waals surface area contributed by atoms with Gasteiger partial charge in [-0.05, 0) is 43.4 Å². The number of carbonyl (C=O) groups excluding carboxylic acids is 2. The van der Waals surface area contributed by atoms with Gasteiger partial charge in [-0.2, -0.15) is 23.5 Å². The van der Waals surface area contributed by atoms with Crippen molar-refractivity contribution in [1.82, 2.24) is 15.1 Å². The Bertz CT molecular complexity index is 1380. The zero-order valence-electron chi connectivity index (χ0n) is 19.7. The van der Waals surface area contributed by atoms with Gasteiger partial charge in [0.1, 0.15) is 12.1 Å². The summed E-state index contributed by atoms with van der Waals surface area (Å²) in [5, 5.41) is 14.4. The van der Waals surface area contributed by atoms with Gasteiger partial charge in [0.25, 0.3) is 0 Å². The summed E-state index contributed by atoms with van der Waals surface area (Å²) in [6, 6.07) is 4.85. The summed E-state index contributed by atoms with van der Waals surface area (Å²) in [6.07, 6.45) is -2.73. The van der Waals surface area contributed by atoms with Crippen molar-refractivity contribution in [1.29, 1.82) is 5.26 Å². The van der Waals surface area contributed by atoms with E-state index in [9.17, 15) is 36.4 Å². The second-order valence-electron chi connectivity index (χ2n) is 9.30. The number of hydrogen-bond donors (Lipinski definition) is 2. The zero-order chi connectivity index (χ0) is 27.2. The Balaban J connectivity index is 1.64. The number of alkyl halides is 3. The number of carbonyl (C=O) groups is 2. The van der Waals surface area contributed by atoms with Gasteiger partial charge < -0.3 is 15.8 Å². The number of nitrogens with two attached hydrogens (primary N) is 1. The van der Waals surface area contributed by atoms with E-state index in [-0.39, 0.29) is 30.5 Å². The van der Waals surface area contributed by atoms with Crippen molar-refractivity contribution in [2.24, 2.45) is 11.7 Å². The molecule has 2 aliphatic carbocycles. The van der Waals surface area contributed by atoms with Gasteiger partial charge in [0.15, 0.2) is 9.84 Å². The van der Waals surface area contributed by atoms with Crippen molar-refractivity contribution in [3.8, 4) is 17.2 Å². The second kappa shape index (κ2) is 9.46. The minimum Gasteiger partial charge on any atom is -0.381 e. The number of ether oxygens (including phenoxy) is 1. The summed E-state index contributed by atoms with van der Waals surface area (Å²) in [5.41, 5.74) is 3.06. The highest BCUT2D eigenvalue weighted by Gasteiger charge is 2.51. The molecule has 1 aromatic heterocycles. The Morgan fingerprint density at radius 3 is 2.57 bits per heavy atom. The molecule has 2 aromatic rings. The third kappa shape index (κ3) is 5.33. The molecule has 2 fully saturated rings. The molecule has 0 spiro atoms. The molecule has 0 saturated heterocycles. The number of methoxy groups -OCH3 is 1. The normalized spacial score (nSPS) is 22.8. The summed E-state index contributed by atoms with van der Waals surface area (Å²) >= 11 is 0. The molecule has 4 rings (SSSR count). The lowest BCUT2D eigenvalue weighted by atomic mass is 10.0. The van der Waals surface area contributed by atoms with E-state index in [0.717, 1.165) is 16.8 Å². The highest BCUT2D eigenvalue weighted by Crippen LogP contribution is 2.43. The van der Waals surface area contributed by atoms with Crippen molar-refractivity contribution >= 4 is 21.7 Å². The predicted molar refractivity (Wildman–Crippen MR) is 122 cm³/mol. The molecule has 1 heterocycles. The molecule has 2 amide bonds. The van der Waals surface area contributed by atoms with Crippen molar-refractivity contribution in [2.75, 3.05) is 7.11 Å². The number of nitriles is 1. The van der Waals surface area contributed by atoms with E-state index in [1.807, 2.05) is 6.07 Å². The van der Waals surface area contributed by atoms with E-state index >= 15 is 0 Å². The van der Waals surface area contributed by atoms with Gasteiger partial charge in [0.2, 0.25) is 11.8 Å². The van der Waals surface area contributed by atoms with E-state index in [1.165, 1.54) is 25.6 Å². The van der Waals surface area contributed by atoms with E-state index in [1.54, 1.807) is 0 Å². The number of aromatic nitrogens is 2. The van der Waals surface area contributed by atoms with Gasteiger partial charge in [-0.15, -0.1) is 0 Å². The van der Waals surface area contributed by atoms with Crippen LogP contribution in [-0.4, -0.2) is 54.0 Å². The van der Waals surface area contributed by atoms with E-state index < -0.39 is 61.1 Å². The molecular weight excluding hydrogens is 515 g/mol. The largest absolute Gasteiger partial charge is 0.417 e. The number of halogens is 3. The van der Waals surface area contributed by atoms with Gasteiger partial charge in [-0.1, -0.05) is 6.07 Å². The first-order valence-corrected chi connectivity index (χ1v) is 12.9. The highest BCUT2D eigenvalue weighted by molar-refractivity contribution is 7.92. The maximum absolute atomic E-state index is 14.1. The standard InChI is InChI=1S/C23H24F3N5O5S/c1-36-18-8-15(7-16(18)21(33)30-22(12-27)4-5-22)37(34,35)19-3-2-13(6-17(19)23(24,25)26)14-9-29-31(10-14)11-20(28)32/h2-3,6,9-10,15-16,18H,4-5,7-8,11H2,1H3,(H2,28,32)(H,30,33)/t15-,16-,18-/m1/s1. The number of nitrogens with one attached hydrogen (secondary N) is 1. The summed E-state index contributed by atoms with van der Waals surface area (Å²) in [7, 11) is -3.24. The molecule has 0 bridgehead atoms. The minimum absolute atomic E-state index is 0.0478. The molecule has 0 unspecified atom stereocenters. The van der Waals surface area contributed by atoms with Crippen LogP contribution >= 0.6 is 0 Å². The van der Waals surface area contributed by atoms with Crippen LogP contribution in [0.3, 0.4) is 0 Å². The average molecular weight is 540 g/mol. The quantitative estimate of drug-likeness (QED) is 0.518. The van der Waals surface area contributed by atoms with Crippen LogP contribution in [0, 0.1) is 17.2 Å². The lowest BCUT2D eigenvalue weighted by Crippen LogP contribution is -2.42. The number of sulfone groups is 1. The fourth-order valence-corrected chi connectivity index (χ4v) is 6.58. The number of amides is 2. The number of rotatable bonds is 8. The third-order valence-corrected chi connectivity index (χ3v) is 8.97. The van der Waals surface area contributed by atoms with Crippen molar-refractivity contribution < 1.29 is 35.9 Å². The monoisotopic (exact) mass is 539 g/mol. The lowest BCUT2D eigenvalue weighted by Gasteiger charge is -2.19. The van der Waals surface area contributed by atoms with Gasteiger partial charge in [-0.3, -0.25) is 14.3 Å².